The van der Waals surface area contributed by atoms with Crippen LogP contribution in [0.4, 0.5) is 0 Å². The van der Waals surface area contributed by atoms with Gasteiger partial charge in [-0.15, -0.1) is 23.2 Å². The molecule has 0 saturated heterocycles. The van der Waals surface area contributed by atoms with Gasteiger partial charge in [0.2, 0.25) is 0 Å². The van der Waals surface area contributed by atoms with Gasteiger partial charge in [-0.05, 0) is 215 Å². The van der Waals surface area contributed by atoms with E-state index in [1.54, 1.807) is 187 Å². The average Bonchev–Trinajstić information content (AvgIpc) is 1.64. The fourth-order valence-electron chi connectivity index (χ4n) is 9.44. The first-order valence-corrected chi connectivity index (χ1v) is 39.6. The van der Waals surface area contributed by atoms with Crippen LogP contribution in [0.2, 0.25) is 0 Å². The van der Waals surface area contributed by atoms with Crippen molar-refractivity contribution in [2.45, 2.75) is 215 Å². The average molecular weight is 1730 g/mol. The van der Waals surface area contributed by atoms with E-state index < -0.39 is 53.9 Å². The molecular formula is C69H98Cl2N8O16P4U. The first-order chi connectivity index (χ1) is 46.0. The maximum absolute atomic E-state index is 13.3. The van der Waals surface area contributed by atoms with Crippen LogP contribution in [0.25, 0.3) is 22.7 Å². The van der Waals surface area contributed by atoms with E-state index in [0.717, 1.165) is 22.3 Å². The van der Waals surface area contributed by atoms with Gasteiger partial charge < -0.3 is 56.6 Å². The Morgan fingerprint density at radius 1 is 0.300 bits per heavy atom. The minimum absolute atomic E-state index is 0. The minimum Gasteiger partial charge on any atom is -0.858 e. The molecule has 0 radical (unpaired) electrons. The molecule has 4 aromatic heterocycles. The fraction of sp³-hybridized carbons (Fsp3) is 0.478. The number of hydrogen-bond acceptors (Lipinski definition) is 20. The third-order valence-corrected chi connectivity index (χ3v) is 22.8. The summed E-state index contributed by atoms with van der Waals surface area (Å²) < 4.78 is 102. The van der Waals surface area contributed by atoms with Crippen LogP contribution in [0.3, 0.4) is 0 Å². The van der Waals surface area contributed by atoms with Gasteiger partial charge in [-0.1, -0.05) is 70.8 Å². The maximum atomic E-state index is 13.3. The molecule has 0 aliphatic heterocycles. The van der Waals surface area contributed by atoms with Crippen LogP contribution in [0.5, 0.6) is 23.5 Å². The third kappa shape index (κ3) is 24.6. The van der Waals surface area contributed by atoms with Gasteiger partial charge in [-0.3, -0.25) is 18.3 Å². The Labute approximate surface area is 624 Å². The Morgan fingerprint density at radius 3 is 0.530 bits per heavy atom. The molecule has 0 aliphatic carbocycles. The number of halogens is 2. The Kier molecular flexibility index (Phi) is 35.1. The molecule has 0 saturated carbocycles. The molecule has 8 aromatic rings. The standard InChI is InChI=1S/4C17H25N2O4P.CH2Cl2.U/c4*1-11(2)22-24(21,23-12(3)4)16-14(6)18-19(17(16)20)15-9-7-13(5)8-10-15;2-1-3;/h4*7-12,20H,1-6H3;1H2;/q;;;;;+4/p-4. The van der Waals surface area contributed by atoms with Crippen molar-refractivity contribution >= 4 is 74.8 Å². The van der Waals surface area contributed by atoms with Gasteiger partial charge in [-0.25, -0.2) is 18.7 Å². The number of aryl methyl sites for hydroxylation is 8. The van der Waals surface area contributed by atoms with Crippen LogP contribution in [0, 0.1) is 86.5 Å². The second kappa shape index (κ2) is 39.3. The molecule has 548 valence electrons. The SMILES string of the molecule is Cc1ccc(-n2nc(C)c(P(=O)(OC(C)C)OC(C)C)c2[O-])cc1.Cc1ccc(-n2nc(C)c(P(=O)(OC(C)C)OC(C)C)c2[O-])cc1.Cc1ccc(-n2nc(C)c(P(=O)(OC(C)C)OC(C)C)c2[O-])cc1.Cc1ccc(-n2nc(C)c(P(=O)(OC(C)C)OC(C)C)c2[O-])cc1.ClCCl.[U+4]. The molecule has 0 aliphatic rings. The molecule has 100 heavy (non-hydrogen) atoms. The zero-order chi connectivity index (χ0) is 75.0. The van der Waals surface area contributed by atoms with Gasteiger partial charge in [0.15, 0.2) is 0 Å². The van der Waals surface area contributed by atoms with Crippen LogP contribution >= 0.6 is 53.6 Å². The van der Waals surface area contributed by atoms with Crippen LogP contribution in [-0.4, -0.2) is 93.3 Å². The largest absolute Gasteiger partial charge is 4.00 e. The van der Waals surface area contributed by atoms with Gasteiger partial charge >= 0.3 is 61.5 Å². The number of rotatable bonds is 24. The Hall–Kier alpha value is -4.85. The molecule has 0 bridgehead atoms. The Balaban J connectivity index is 0.000000341. The summed E-state index contributed by atoms with van der Waals surface area (Å²) in [5.41, 5.74) is 8.16. The topological polar surface area (TPSA) is 306 Å². The summed E-state index contributed by atoms with van der Waals surface area (Å²) in [5, 5.41) is 68.7. The molecule has 4 heterocycles. The zero-order valence-electron chi connectivity index (χ0n) is 61.7. The van der Waals surface area contributed by atoms with Crippen molar-refractivity contribution in [3.8, 4) is 46.3 Å². The quantitative estimate of drug-likeness (QED) is 0.0401. The van der Waals surface area contributed by atoms with Crippen molar-refractivity contribution in [1.29, 1.82) is 0 Å². The van der Waals surface area contributed by atoms with Crippen LogP contribution in [0.15, 0.2) is 97.1 Å². The summed E-state index contributed by atoms with van der Waals surface area (Å²) in [6.07, 6.45) is -2.81. The Morgan fingerprint density at radius 2 is 0.420 bits per heavy atom. The molecular weight excluding hydrogens is 1630 g/mol. The summed E-state index contributed by atoms with van der Waals surface area (Å²) in [6.45, 7) is 42.4. The number of aromatic nitrogens is 8. The van der Waals surface area contributed by atoms with Crippen molar-refractivity contribution in [2.24, 2.45) is 0 Å². The smallest absolute Gasteiger partial charge is 0.858 e. The predicted molar refractivity (Wildman–Crippen MR) is 385 cm³/mol. The summed E-state index contributed by atoms with van der Waals surface area (Å²) >= 11 is 9.53. The van der Waals surface area contributed by atoms with Crippen molar-refractivity contribution in [2.75, 3.05) is 5.34 Å². The van der Waals surface area contributed by atoms with E-state index in [1.165, 1.54) is 18.7 Å². The van der Waals surface area contributed by atoms with E-state index in [0.29, 0.717) is 45.5 Å². The molecule has 0 spiro atoms. The predicted octanol–water partition coefficient (Wildman–Crippen LogP) is 14.3. The van der Waals surface area contributed by atoms with Crippen molar-refractivity contribution in [3.63, 3.8) is 0 Å². The second-order valence-electron chi connectivity index (χ2n) is 25.3. The molecule has 0 amide bonds. The molecule has 31 heteroatoms. The Bertz CT molecular complexity index is 3510. The fourth-order valence-corrected chi connectivity index (χ4v) is 18.0. The van der Waals surface area contributed by atoms with Crippen molar-refractivity contribution in [1.82, 2.24) is 39.1 Å². The van der Waals surface area contributed by atoms with Crippen LogP contribution in [-0.2, 0) is 54.5 Å². The maximum Gasteiger partial charge on any atom is 4.00 e. The van der Waals surface area contributed by atoms with Crippen LogP contribution in [0.1, 0.15) is 156 Å². The summed E-state index contributed by atoms with van der Waals surface area (Å²) in [5.74, 6) is -1.89. The van der Waals surface area contributed by atoms with Crippen molar-refractivity contribution in [3.05, 3.63) is 142 Å². The molecule has 0 fully saturated rings. The van der Waals surface area contributed by atoms with Crippen molar-refractivity contribution < 1.29 is 106 Å². The van der Waals surface area contributed by atoms with Gasteiger partial charge in [0.05, 0.1) is 121 Å². The number of alkyl halides is 2. The molecule has 8 rings (SSSR count). The van der Waals surface area contributed by atoms with E-state index in [9.17, 15) is 38.7 Å². The normalized spacial score (nSPS) is 12.0. The van der Waals surface area contributed by atoms with E-state index in [4.69, 9.17) is 59.4 Å². The van der Waals surface area contributed by atoms with E-state index in [1.807, 2.05) is 76.2 Å². The number of nitrogens with zero attached hydrogens (tertiary/aromatic N) is 8. The monoisotopic (exact) mass is 1730 g/mol. The molecule has 24 nitrogen and oxygen atoms in total. The van der Waals surface area contributed by atoms with Gasteiger partial charge in [0.25, 0.3) is 0 Å². The number of hydrogen-bond donors (Lipinski definition) is 0. The minimum atomic E-state index is -3.76. The van der Waals surface area contributed by atoms with Gasteiger partial charge in [-0.2, -0.15) is 20.4 Å². The van der Waals surface area contributed by atoms with Gasteiger partial charge in [0.1, 0.15) is 0 Å². The summed E-state index contributed by atoms with van der Waals surface area (Å²) in [6, 6.07) is 29.5. The van der Waals surface area contributed by atoms with Gasteiger partial charge in [0, 0.05) is 23.5 Å². The number of benzene rings is 4. The summed E-state index contributed by atoms with van der Waals surface area (Å²) in [7, 11) is -15.1. The zero-order valence-corrected chi connectivity index (χ0v) is 71.0. The van der Waals surface area contributed by atoms with Crippen LogP contribution < -0.4 is 41.6 Å². The van der Waals surface area contributed by atoms with E-state index >= 15 is 0 Å². The van der Waals surface area contributed by atoms with E-state index in [2.05, 4.69) is 20.4 Å². The van der Waals surface area contributed by atoms with E-state index in [-0.39, 0.29) is 107 Å². The molecule has 0 unspecified atom stereocenters. The molecule has 4 aromatic carbocycles. The molecule has 0 N–H and O–H groups in total. The third-order valence-electron chi connectivity index (χ3n) is 13.0. The first kappa shape index (κ1) is 89.4. The molecule has 0 atom stereocenters. The summed E-state index contributed by atoms with van der Waals surface area (Å²) in [4.78, 5) is 0. The first-order valence-electron chi connectivity index (χ1n) is 32.3. The second-order valence-corrected chi connectivity index (χ2v) is 33.5.